The molecule has 1 rings (SSSR count). The number of aliphatic hydroxyl groups excluding tert-OH is 1. The fourth-order valence-electron chi connectivity index (χ4n) is 1.92. The van der Waals surface area contributed by atoms with Gasteiger partial charge in [-0.3, -0.25) is 0 Å². The highest BCUT2D eigenvalue weighted by Crippen LogP contribution is 2.10. The second kappa shape index (κ2) is 7.30. The van der Waals surface area contributed by atoms with E-state index in [9.17, 15) is 9.59 Å². The summed E-state index contributed by atoms with van der Waals surface area (Å²) in [5, 5.41) is 20.7. The van der Waals surface area contributed by atoms with Crippen LogP contribution in [0.4, 0.5) is 4.79 Å². The largest absolute Gasteiger partial charge is 0.480 e. The molecule has 3 N–H and O–H groups in total. The molecule has 1 saturated heterocycles. The fourth-order valence-corrected chi connectivity index (χ4v) is 1.92. The Morgan fingerprint density at radius 2 is 2.21 bits per heavy atom. The third-order valence-electron chi connectivity index (χ3n) is 3.39. The number of carbonyl (C=O) groups excluding carboxylic acids is 1. The molecule has 19 heavy (non-hydrogen) atoms. The third kappa shape index (κ3) is 4.36. The monoisotopic (exact) mass is 274 g/mol. The molecule has 1 aliphatic rings. The zero-order chi connectivity index (χ0) is 14.4. The van der Waals surface area contributed by atoms with Crippen molar-refractivity contribution in [2.75, 3.05) is 26.3 Å². The minimum absolute atomic E-state index is 0.142. The summed E-state index contributed by atoms with van der Waals surface area (Å²) in [6.45, 7) is 4.53. The maximum atomic E-state index is 12.0. The van der Waals surface area contributed by atoms with Gasteiger partial charge in [0.05, 0.1) is 25.9 Å². The molecule has 1 aliphatic heterocycles. The minimum atomic E-state index is -1.03. The van der Waals surface area contributed by atoms with E-state index in [1.807, 2.05) is 6.92 Å². The lowest BCUT2D eigenvalue weighted by atomic mass is 9.99. The molecule has 1 heterocycles. The molecular formula is C12H22N2O5. The van der Waals surface area contributed by atoms with Gasteiger partial charge >= 0.3 is 12.0 Å². The van der Waals surface area contributed by atoms with Gasteiger partial charge in [-0.05, 0) is 5.92 Å². The highest BCUT2D eigenvalue weighted by atomic mass is 16.5. The van der Waals surface area contributed by atoms with Crippen LogP contribution in [0.15, 0.2) is 0 Å². The number of urea groups is 1. The number of aliphatic carboxylic acids is 1. The third-order valence-corrected chi connectivity index (χ3v) is 3.39. The van der Waals surface area contributed by atoms with Crippen LogP contribution in [0.1, 0.15) is 20.3 Å². The first-order chi connectivity index (χ1) is 8.99. The van der Waals surface area contributed by atoms with Gasteiger partial charge in [0.15, 0.2) is 0 Å². The lowest BCUT2D eigenvalue weighted by molar-refractivity contribution is -0.140. The number of ether oxygens (including phenoxy) is 1. The predicted octanol–water partition coefficient (Wildman–Crippen LogP) is -0.112. The summed E-state index contributed by atoms with van der Waals surface area (Å²) in [5.74, 6) is -1.18. The van der Waals surface area contributed by atoms with Crippen molar-refractivity contribution in [3.05, 3.63) is 0 Å². The molecule has 0 aromatic rings. The number of aliphatic hydroxyl groups is 1. The summed E-state index contributed by atoms with van der Waals surface area (Å²) in [6, 6.07) is -1.32. The summed E-state index contributed by atoms with van der Waals surface area (Å²) < 4.78 is 5.24. The maximum absolute atomic E-state index is 12.0. The predicted molar refractivity (Wildman–Crippen MR) is 67.8 cm³/mol. The maximum Gasteiger partial charge on any atom is 0.326 e. The first-order valence-corrected chi connectivity index (χ1v) is 6.50. The van der Waals surface area contributed by atoms with Crippen LogP contribution < -0.4 is 5.32 Å². The summed E-state index contributed by atoms with van der Waals surface area (Å²) in [6.07, 6.45) is 0.269. The summed E-state index contributed by atoms with van der Waals surface area (Å²) in [7, 11) is 0. The number of amides is 2. The lowest BCUT2D eigenvalue weighted by Crippen LogP contribution is -2.55. The molecule has 0 aliphatic carbocycles. The second-order valence-electron chi connectivity index (χ2n) is 4.77. The molecule has 7 nitrogen and oxygen atoms in total. The Kier molecular flexibility index (Phi) is 6.04. The van der Waals surface area contributed by atoms with E-state index in [0.29, 0.717) is 19.6 Å². The van der Waals surface area contributed by atoms with Gasteiger partial charge in [-0.25, -0.2) is 9.59 Å². The molecule has 7 heteroatoms. The van der Waals surface area contributed by atoms with E-state index < -0.39 is 24.1 Å². The van der Waals surface area contributed by atoms with E-state index in [1.165, 1.54) is 4.90 Å². The number of nitrogens with one attached hydrogen (secondary N) is 1. The second-order valence-corrected chi connectivity index (χ2v) is 4.77. The van der Waals surface area contributed by atoms with Crippen LogP contribution in [0.5, 0.6) is 0 Å². The van der Waals surface area contributed by atoms with Crippen LogP contribution in [0.2, 0.25) is 0 Å². The van der Waals surface area contributed by atoms with E-state index in [2.05, 4.69) is 5.32 Å². The van der Waals surface area contributed by atoms with Crippen LogP contribution in [0.3, 0.4) is 0 Å². The number of hydrogen-bond donors (Lipinski definition) is 3. The van der Waals surface area contributed by atoms with Gasteiger partial charge in [0, 0.05) is 6.54 Å². The Bertz CT molecular complexity index is 323. The average molecular weight is 274 g/mol. The average Bonchev–Trinajstić information content (AvgIpc) is 2.43. The number of hydrogen-bond acceptors (Lipinski definition) is 4. The number of carboxylic acids is 1. The Labute approximate surface area is 112 Å². The summed E-state index contributed by atoms with van der Waals surface area (Å²) >= 11 is 0. The number of morpholine rings is 1. The van der Waals surface area contributed by atoms with Crippen LogP contribution in [0, 0.1) is 5.92 Å². The minimum Gasteiger partial charge on any atom is -0.480 e. The molecule has 3 atom stereocenters. The quantitative estimate of drug-likeness (QED) is 0.649. The van der Waals surface area contributed by atoms with Gasteiger partial charge in [-0.1, -0.05) is 20.3 Å². The van der Waals surface area contributed by atoms with Crippen LogP contribution in [0.25, 0.3) is 0 Å². The van der Waals surface area contributed by atoms with E-state index in [0.717, 1.165) is 0 Å². The smallest absolute Gasteiger partial charge is 0.326 e. The van der Waals surface area contributed by atoms with Gasteiger partial charge in [0.1, 0.15) is 6.04 Å². The van der Waals surface area contributed by atoms with Crippen molar-refractivity contribution in [1.82, 2.24) is 10.2 Å². The van der Waals surface area contributed by atoms with Crippen molar-refractivity contribution in [3.8, 4) is 0 Å². The molecule has 0 bridgehead atoms. The Morgan fingerprint density at radius 1 is 1.53 bits per heavy atom. The van der Waals surface area contributed by atoms with E-state index in [-0.39, 0.29) is 19.1 Å². The molecule has 0 aromatic carbocycles. The Morgan fingerprint density at radius 3 is 2.74 bits per heavy atom. The molecule has 0 radical (unpaired) electrons. The highest BCUT2D eigenvalue weighted by Gasteiger charge is 2.29. The summed E-state index contributed by atoms with van der Waals surface area (Å²) in [5.41, 5.74) is 0. The fraction of sp³-hybridized carbons (Fsp3) is 0.833. The number of carboxylic acid groups (broad SMARTS) is 1. The van der Waals surface area contributed by atoms with Gasteiger partial charge in [0.2, 0.25) is 0 Å². The van der Waals surface area contributed by atoms with E-state index >= 15 is 0 Å². The summed E-state index contributed by atoms with van der Waals surface area (Å²) in [4.78, 5) is 24.6. The molecule has 1 unspecified atom stereocenters. The van der Waals surface area contributed by atoms with Crippen molar-refractivity contribution in [2.24, 2.45) is 5.92 Å². The highest BCUT2D eigenvalue weighted by molar-refractivity contribution is 5.82. The van der Waals surface area contributed by atoms with Gasteiger partial charge in [0.25, 0.3) is 0 Å². The van der Waals surface area contributed by atoms with Gasteiger partial charge in [-0.15, -0.1) is 0 Å². The van der Waals surface area contributed by atoms with Crippen molar-refractivity contribution >= 4 is 12.0 Å². The molecule has 0 spiro atoms. The SMILES string of the molecule is CC[C@H](C)[C@H](NC(=O)N1CCOC(CO)C1)C(=O)O. The van der Waals surface area contributed by atoms with Crippen LogP contribution in [-0.4, -0.2) is 65.6 Å². The van der Waals surface area contributed by atoms with Crippen LogP contribution >= 0.6 is 0 Å². The van der Waals surface area contributed by atoms with Crippen molar-refractivity contribution < 1.29 is 24.5 Å². The molecule has 2 amide bonds. The van der Waals surface area contributed by atoms with Crippen molar-refractivity contribution in [2.45, 2.75) is 32.4 Å². The van der Waals surface area contributed by atoms with Crippen molar-refractivity contribution in [1.29, 1.82) is 0 Å². The van der Waals surface area contributed by atoms with E-state index in [1.54, 1.807) is 6.92 Å². The van der Waals surface area contributed by atoms with Crippen LogP contribution in [-0.2, 0) is 9.53 Å². The standard InChI is InChI=1S/C12H22N2O5/c1-3-8(2)10(11(16)17)13-12(18)14-4-5-19-9(6-14)7-15/h8-10,15H,3-7H2,1-2H3,(H,13,18)(H,16,17)/t8-,9?,10-/m0/s1. The number of carbonyl (C=O) groups is 2. The first kappa shape index (κ1) is 15.7. The molecule has 0 aromatic heterocycles. The van der Waals surface area contributed by atoms with E-state index in [4.69, 9.17) is 14.9 Å². The zero-order valence-corrected chi connectivity index (χ0v) is 11.3. The number of nitrogens with zero attached hydrogens (tertiary/aromatic N) is 1. The normalized spacial score (nSPS) is 22.7. The molecule has 1 fully saturated rings. The molecule has 110 valence electrons. The number of rotatable bonds is 5. The Hall–Kier alpha value is -1.34. The molecule has 0 saturated carbocycles. The van der Waals surface area contributed by atoms with Gasteiger partial charge in [-0.2, -0.15) is 0 Å². The van der Waals surface area contributed by atoms with Gasteiger partial charge < -0.3 is 25.2 Å². The lowest BCUT2D eigenvalue weighted by Gasteiger charge is -2.33. The topological polar surface area (TPSA) is 99.1 Å². The Balaban J connectivity index is 2.58. The van der Waals surface area contributed by atoms with Crippen molar-refractivity contribution in [3.63, 3.8) is 0 Å². The first-order valence-electron chi connectivity index (χ1n) is 6.50. The zero-order valence-electron chi connectivity index (χ0n) is 11.3. The molecular weight excluding hydrogens is 252 g/mol.